The van der Waals surface area contributed by atoms with Gasteiger partial charge in [-0.2, -0.15) is 0 Å². The number of hydrogen-bond donors (Lipinski definition) is 0. The molecule has 2 nitrogen and oxygen atoms in total. The number of methoxy groups -OCH3 is 1. The Morgan fingerprint density at radius 2 is 1.71 bits per heavy atom. The van der Waals surface area contributed by atoms with Crippen LogP contribution in [0.4, 0.5) is 0 Å². The Morgan fingerprint density at radius 1 is 1.00 bits per heavy atom. The van der Waals surface area contributed by atoms with Gasteiger partial charge in [0.1, 0.15) is 5.75 Å². The van der Waals surface area contributed by atoms with E-state index in [1.807, 2.05) is 24.3 Å². The first-order chi connectivity index (χ1) is 11.4. The topological polar surface area (TPSA) is 26.3 Å². The molecule has 2 atom stereocenters. The maximum atomic E-state index is 13.2. The second kappa shape index (κ2) is 5.18. The maximum Gasteiger partial charge on any atom is 0.171 e. The van der Waals surface area contributed by atoms with Gasteiger partial charge in [0.15, 0.2) is 5.78 Å². The minimum Gasteiger partial charge on any atom is -0.497 e. The van der Waals surface area contributed by atoms with Crippen molar-refractivity contribution in [3.63, 3.8) is 0 Å². The summed E-state index contributed by atoms with van der Waals surface area (Å²) in [7, 11) is 0.0948. The van der Waals surface area contributed by atoms with E-state index < -0.39 is 8.07 Å². The first-order valence-corrected chi connectivity index (χ1v) is 12.0. The normalized spacial score (nSPS) is 21.7. The molecule has 3 heteroatoms. The lowest BCUT2D eigenvalue weighted by atomic mass is 9.82. The van der Waals surface area contributed by atoms with Gasteiger partial charge < -0.3 is 4.74 Å². The second-order valence-corrected chi connectivity index (χ2v) is 13.2. The van der Waals surface area contributed by atoms with Gasteiger partial charge in [-0.3, -0.25) is 4.79 Å². The molecule has 4 rings (SSSR count). The fourth-order valence-electron chi connectivity index (χ4n) is 4.33. The molecule has 0 heterocycles. The van der Waals surface area contributed by atoms with Crippen LogP contribution in [0, 0.1) is 5.92 Å². The van der Waals surface area contributed by atoms with Gasteiger partial charge in [-0.05, 0) is 46.0 Å². The van der Waals surface area contributed by atoms with Gasteiger partial charge in [-0.1, -0.05) is 50.0 Å². The van der Waals surface area contributed by atoms with Gasteiger partial charge >= 0.3 is 0 Å². The highest BCUT2D eigenvalue weighted by molar-refractivity contribution is 6.78. The monoisotopic (exact) mass is 334 g/mol. The van der Waals surface area contributed by atoms with Gasteiger partial charge in [0.25, 0.3) is 0 Å². The molecule has 0 radical (unpaired) electrons. The van der Waals surface area contributed by atoms with Gasteiger partial charge in [0, 0.05) is 5.56 Å². The molecule has 2 aliphatic rings. The molecule has 2 aromatic rings. The molecule has 0 fully saturated rings. The first-order valence-electron chi connectivity index (χ1n) is 8.45. The van der Waals surface area contributed by atoms with Crippen molar-refractivity contribution in [2.24, 2.45) is 5.92 Å². The summed E-state index contributed by atoms with van der Waals surface area (Å²) in [5.74, 6) is 1.15. The van der Waals surface area contributed by atoms with Crippen LogP contribution in [0.1, 0.15) is 32.6 Å². The van der Waals surface area contributed by atoms with Crippen LogP contribution in [0.15, 0.2) is 42.5 Å². The van der Waals surface area contributed by atoms with Crippen molar-refractivity contribution in [3.8, 4) is 5.75 Å². The van der Waals surface area contributed by atoms with E-state index in [4.69, 9.17) is 4.74 Å². The number of carbonyl (C=O) groups is 1. The molecule has 0 saturated carbocycles. The largest absolute Gasteiger partial charge is 0.497 e. The number of fused-ring (bicyclic) bond motifs is 4. The summed E-state index contributed by atoms with van der Waals surface area (Å²) in [6.07, 6.45) is 2.21. The van der Waals surface area contributed by atoms with Crippen LogP contribution < -0.4 is 4.74 Å². The van der Waals surface area contributed by atoms with Crippen molar-refractivity contribution in [2.45, 2.75) is 25.2 Å². The average molecular weight is 334 g/mol. The average Bonchev–Trinajstić information content (AvgIpc) is 2.84. The van der Waals surface area contributed by atoms with Crippen LogP contribution in [0.3, 0.4) is 0 Å². The van der Waals surface area contributed by atoms with Gasteiger partial charge in [0.2, 0.25) is 0 Å². The van der Waals surface area contributed by atoms with E-state index >= 15 is 0 Å². The molecule has 0 amide bonds. The van der Waals surface area contributed by atoms with Crippen LogP contribution in [0.2, 0.25) is 19.6 Å². The number of rotatable bonds is 2. The SMILES string of the molecule is COc1ccc2c(c1)C=C1c3ccccc3C(=O)C1C2[Si](C)(C)C. The highest BCUT2D eigenvalue weighted by atomic mass is 28.3. The summed E-state index contributed by atoms with van der Waals surface area (Å²) >= 11 is 0. The molecule has 122 valence electrons. The summed E-state index contributed by atoms with van der Waals surface area (Å²) in [5, 5.41) is 0. The molecule has 0 aliphatic heterocycles. The van der Waals surface area contributed by atoms with Gasteiger partial charge in [-0.15, -0.1) is 0 Å². The van der Waals surface area contributed by atoms with Gasteiger partial charge in [0.05, 0.1) is 21.1 Å². The van der Waals surface area contributed by atoms with Crippen molar-refractivity contribution >= 4 is 25.5 Å². The molecule has 2 aromatic carbocycles. The lowest BCUT2D eigenvalue weighted by molar-refractivity contribution is 0.0954. The fourth-order valence-corrected chi connectivity index (χ4v) is 6.85. The van der Waals surface area contributed by atoms with Crippen LogP contribution >= 0.6 is 0 Å². The molecule has 2 unspecified atom stereocenters. The Kier molecular flexibility index (Phi) is 3.32. The standard InChI is InChI=1S/C21H22O2Si/c1-23-14-9-10-15-13(11-14)12-18-16-7-5-6-8-17(16)20(22)19(18)21(15)24(2,3)4/h5-12,19,21H,1-4H3. The second-order valence-electron chi connectivity index (χ2n) is 7.83. The van der Waals surface area contributed by atoms with E-state index in [0.717, 1.165) is 16.9 Å². The van der Waals surface area contributed by atoms with Crippen molar-refractivity contribution in [1.82, 2.24) is 0 Å². The number of carbonyl (C=O) groups excluding carboxylic acids is 1. The molecular weight excluding hydrogens is 312 g/mol. The van der Waals surface area contributed by atoms with E-state index in [0.29, 0.717) is 11.3 Å². The van der Waals surface area contributed by atoms with E-state index in [9.17, 15) is 4.79 Å². The molecule has 0 N–H and O–H groups in total. The number of ketones is 1. The van der Waals surface area contributed by atoms with Crippen LogP contribution in [-0.4, -0.2) is 21.0 Å². The highest BCUT2D eigenvalue weighted by Crippen LogP contribution is 2.52. The number of ether oxygens (including phenoxy) is 1. The maximum absolute atomic E-state index is 13.2. The third kappa shape index (κ3) is 2.11. The summed E-state index contributed by atoms with van der Waals surface area (Å²) in [4.78, 5) is 13.2. The lowest BCUT2D eigenvalue weighted by Gasteiger charge is -2.38. The van der Waals surface area contributed by atoms with E-state index in [2.05, 4.69) is 43.9 Å². The molecule has 0 saturated heterocycles. The predicted molar refractivity (Wildman–Crippen MR) is 101 cm³/mol. The molecule has 0 bridgehead atoms. The quantitative estimate of drug-likeness (QED) is 0.721. The number of Topliss-reactive ketones (excluding diaryl/α,β-unsaturated/α-hetero) is 1. The summed E-state index contributed by atoms with van der Waals surface area (Å²) < 4.78 is 5.42. The predicted octanol–water partition coefficient (Wildman–Crippen LogP) is 5.02. The Bertz CT molecular complexity index is 874. The lowest BCUT2D eigenvalue weighted by Crippen LogP contribution is -2.39. The zero-order chi connectivity index (χ0) is 17.1. The number of benzene rings is 2. The minimum absolute atomic E-state index is 0.0186. The third-order valence-corrected chi connectivity index (χ3v) is 7.84. The Balaban J connectivity index is 2.00. The fraction of sp³-hybridized carbons (Fsp3) is 0.286. The van der Waals surface area contributed by atoms with Crippen molar-refractivity contribution in [2.75, 3.05) is 7.11 Å². The van der Waals surface area contributed by atoms with Crippen LogP contribution in [-0.2, 0) is 0 Å². The highest BCUT2D eigenvalue weighted by Gasteiger charge is 2.48. The van der Waals surface area contributed by atoms with Crippen LogP contribution in [0.5, 0.6) is 5.75 Å². The van der Waals surface area contributed by atoms with Gasteiger partial charge in [-0.25, -0.2) is 0 Å². The molecule has 2 aliphatic carbocycles. The zero-order valence-electron chi connectivity index (χ0n) is 14.6. The number of allylic oxidation sites excluding steroid dienone is 1. The smallest absolute Gasteiger partial charge is 0.171 e. The Labute approximate surface area is 144 Å². The van der Waals surface area contributed by atoms with E-state index in [1.54, 1.807) is 7.11 Å². The third-order valence-electron chi connectivity index (χ3n) is 5.33. The minimum atomic E-state index is -1.60. The zero-order valence-corrected chi connectivity index (χ0v) is 15.6. The molecule has 0 aromatic heterocycles. The Morgan fingerprint density at radius 3 is 2.38 bits per heavy atom. The van der Waals surface area contributed by atoms with Crippen molar-refractivity contribution < 1.29 is 9.53 Å². The van der Waals surface area contributed by atoms with Crippen LogP contribution in [0.25, 0.3) is 11.6 Å². The summed E-state index contributed by atoms with van der Waals surface area (Å²) in [6, 6.07) is 14.4. The Hall–Kier alpha value is -2.13. The summed E-state index contributed by atoms with van der Waals surface area (Å²) in [5.41, 5.74) is 6.02. The molecular formula is C21H22O2Si. The van der Waals surface area contributed by atoms with Crippen molar-refractivity contribution in [1.29, 1.82) is 0 Å². The first kappa shape index (κ1) is 15.4. The van der Waals surface area contributed by atoms with Crippen molar-refractivity contribution in [3.05, 3.63) is 64.7 Å². The van der Waals surface area contributed by atoms with E-state index in [-0.39, 0.29) is 5.92 Å². The molecule has 24 heavy (non-hydrogen) atoms. The summed E-state index contributed by atoms with van der Waals surface area (Å²) in [6.45, 7) is 7.10. The number of hydrogen-bond acceptors (Lipinski definition) is 2. The van der Waals surface area contributed by atoms with E-state index in [1.165, 1.54) is 16.7 Å². The molecule has 0 spiro atoms.